The first kappa shape index (κ1) is 15.8. The monoisotopic (exact) mass is 351 g/mol. The molecule has 112 valence electrons. The van der Waals surface area contributed by atoms with E-state index in [2.05, 4.69) is 48.3 Å². The molecular formula is C16H19BrFN3. The minimum atomic E-state index is -0.339. The first-order chi connectivity index (χ1) is 9.75. The van der Waals surface area contributed by atoms with Crippen molar-refractivity contribution in [1.82, 2.24) is 9.55 Å². The number of benzene rings is 1. The van der Waals surface area contributed by atoms with Crippen molar-refractivity contribution in [3.63, 3.8) is 0 Å². The number of hydrogen-bond acceptors (Lipinski definition) is 2. The number of imidazole rings is 1. The largest absolute Gasteiger partial charge is 0.383 e. The van der Waals surface area contributed by atoms with Gasteiger partial charge in [0.1, 0.15) is 23.2 Å². The molecule has 0 amide bonds. The Morgan fingerprint density at radius 3 is 2.67 bits per heavy atom. The maximum atomic E-state index is 14.1. The highest BCUT2D eigenvalue weighted by molar-refractivity contribution is 9.10. The van der Waals surface area contributed by atoms with Crippen LogP contribution in [-0.4, -0.2) is 9.55 Å². The van der Waals surface area contributed by atoms with E-state index in [-0.39, 0.29) is 11.2 Å². The number of nitrogen functional groups attached to an aromatic ring is 1. The number of nitrogens with zero attached hydrogens (tertiary/aromatic N) is 2. The van der Waals surface area contributed by atoms with E-state index in [1.54, 1.807) is 18.2 Å². The molecule has 21 heavy (non-hydrogen) atoms. The van der Waals surface area contributed by atoms with Gasteiger partial charge in [0, 0.05) is 22.0 Å². The summed E-state index contributed by atoms with van der Waals surface area (Å²) in [5, 5.41) is 0. The Kier molecular flexibility index (Phi) is 4.23. The Labute approximate surface area is 132 Å². The second-order valence-corrected chi connectivity index (χ2v) is 6.86. The molecule has 0 atom stereocenters. The molecule has 0 saturated carbocycles. The number of halogens is 2. The molecule has 0 radical (unpaired) electrons. The van der Waals surface area contributed by atoms with E-state index in [0.29, 0.717) is 23.6 Å². The molecular weight excluding hydrogens is 333 g/mol. The van der Waals surface area contributed by atoms with E-state index in [9.17, 15) is 4.39 Å². The maximum Gasteiger partial charge on any atom is 0.132 e. The molecule has 5 heteroatoms. The molecule has 3 nitrogen and oxygen atoms in total. The normalized spacial score (nSPS) is 11.7. The van der Waals surface area contributed by atoms with Crippen LogP contribution < -0.4 is 5.73 Å². The molecule has 0 aliphatic rings. The number of allylic oxidation sites excluding steroid dienone is 1. The van der Waals surface area contributed by atoms with Crippen molar-refractivity contribution >= 4 is 21.7 Å². The minimum Gasteiger partial charge on any atom is -0.383 e. The fourth-order valence-electron chi connectivity index (χ4n) is 2.23. The van der Waals surface area contributed by atoms with Crippen LogP contribution in [0.5, 0.6) is 0 Å². The predicted molar refractivity (Wildman–Crippen MR) is 88.6 cm³/mol. The number of aromatic nitrogens is 2. The van der Waals surface area contributed by atoms with E-state index < -0.39 is 0 Å². The Hall–Kier alpha value is -1.62. The van der Waals surface area contributed by atoms with Crippen molar-refractivity contribution < 1.29 is 4.39 Å². The lowest BCUT2D eigenvalue weighted by molar-refractivity contribution is 0.515. The van der Waals surface area contributed by atoms with Crippen LogP contribution in [-0.2, 0) is 12.0 Å². The lowest BCUT2D eigenvalue weighted by Gasteiger charge is -2.19. The van der Waals surface area contributed by atoms with Gasteiger partial charge >= 0.3 is 0 Å². The predicted octanol–water partition coefficient (Wildman–Crippen LogP) is 4.52. The summed E-state index contributed by atoms with van der Waals surface area (Å²) in [4.78, 5) is 4.60. The Bertz CT molecular complexity index is 684. The third kappa shape index (κ3) is 3.02. The van der Waals surface area contributed by atoms with Crippen molar-refractivity contribution in [3.05, 3.63) is 47.0 Å². The average molecular weight is 352 g/mol. The Balaban J connectivity index is 2.70. The van der Waals surface area contributed by atoms with Gasteiger partial charge in [0.25, 0.3) is 0 Å². The smallest absolute Gasteiger partial charge is 0.132 e. The van der Waals surface area contributed by atoms with Crippen LogP contribution in [0.1, 0.15) is 26.6 Å². The van der Waals surface area contributed by atoms with Crippen molar-refractivity contribution in [1.29, 1.82) is 0 Å². The molecule has 0 bridgehead atoms. The number of nitrogens with two attached hydrogens (primary N) is 1. The van der Waals surface area contributed by atoms with Crippen LogP contribution in [0.25, 0.3) is 11.3 Å². The fourth-order valence-corrected chi connectivity index (χ4v) is 2.59. The SMILES string of the molecule is C=CCn1c(C(C)(C)C)nc(-c2cc(Br)ccc2F)c1N. The third-order valence-corrected chi connectivity index (χ3v) is 3.67. The van der Waals surface area contributed by atoms with Crippen LogP contribution in [0.2, 0.25) is 0 Å². The highest BCUT2D eigenvalue weighted by Gasteiger charge is 2.26. The summed E-state index contributed by atoms with van der Waals surface area (Å²) < 4.78 is 16.8. The van der Waals surface area contributed by atoms with Crippen LogP contribution in [0.4, 0.5) is 10.2 Å². The highest BCUT2D eigenvalue weighted by atomic mass is 79.9. The molecule has 2 rings (SSSR count). The molecule has 0 aliphatic heterocycles. The molecule has 0 aliphatic carbocycles. The van der Waals surface area contributed by atoms with Crippen molar-refractivity contribution in [2.75, 3.05) is 5.73 Å². The van der Waals surface area contributed by atoms with Crippen molar-refractivity contribution in [2.45, 2.75) is 32.7 Å². The van der Waals surface area contributed by atoms with Gasteiger partial charge in [0.05, 0.1) is 0 Å². The molecule has 0 fully saturated rings. The molecule has 1 heterocycles. The van der Waals surface area contributed by atoms with E-state index in [0.717, 1.165) is 10.3 Å². The van der Waals surface area contributed by atoms with Crippen LogP contribution >= 0.6 is 15.9 Å². The summed E-state index contributed by atoms with van der Waals surface area (Å²) in [7, 11) is 0. The maximum absolute atomic E-state index is 14.1. The lowest BCUT2D eigenvalue weighted by Crippen LogP contribution is -2.19. The summed E-state index contributed by atoms with van der Waals surface area (Å²) in [5.41, 5.74) is 6.88. The molecule has 1 aromatic carbocycles. The van der Waals surface area contributed by atoms with Gasteiger partial charge in [-0.15, -0.1) is 6.58 Å². The van der Waals surface area contributed by atoms with Crippen LogP contribution in [0, 0.1) is 5.82 Å². The minimum absolute atomic E-state index is 0.197. The van der Waals surface area contributed by atoms with Crippen molar-refractivity contribution in [3.8, 4) is 11.3 Å². The third-order valence-electron chi connectivity index (χ3n) is 3.17. The number of hydrogen-bond donors (Lipinski definition) is 1. The van der Waals surface area contributed by atoms with Crippen LogP contribution in [0.15, 0.2) is 35.3 Å². The second-order valence-electron chi connectivity index (χ2n) is 5.94. The molecule has 0 spiro atoms. The quantitative estimate of drug-likeness (QED) is 0.826. The lowest BCUT2D eigenvalue weighted by atomic mass is 9.95. The standard InChI is InChI=1S/C16H19BrFN3/c1-5-8-21-14(19)13(20-15(21)16(2,3)4)11-9-10(17)6-7-12(11)18/h5-7,9H,1,8,19H2,2-4H3. The van der Waals surface area contributed by atoms with Gasteiger partial charge in [0.2, 0.25) is 0 Å². The molecule has 0 unspecified atom stereocenters. The first-order valence-electron chi connectivity index (χ1n) is 6.68. The van der Waals surface area contributed by atoms with E-state index in [1.807, 2.05) is 4.57 Å². The Morgan fingerprint density at radius 1 is 1.43 bits per heavy atom. The van der Waals surface area contributed by atoms with Gasteiger partial charge < -0.3 is 10.3 Å². The molecule has 2 aromatic rings. The summed E-state index contributed by atoms with van der Waals surface area (Å²) in [6.45, 7) is 10.4. The number of anilines is 1. The summed E-state index contributed by atoms with van der Waals surface area (Å²) in [5.74, 6) is 0.930. The zero-order valence-corrected chi connectivity index (χ0v) is 14.0. The Morgan fingerprint density at radius 2 is 2.10 bits per heavy atom. The number of rotatable bonds is 3. The topological polar surface area (TPSA) is 43.8 Å². The summed E-state index contributed by atoms with van der Waals surface area (Å²) in [6, 6.07) is 4.75. The van der Waals surface area contributed by atoms with Gasteiger partial charge in [0.15, 0.2) is 0 Å². The highest BCUT2D eigenvalue weighted by Crippen LogP contribution is 2.34. The van der Waals surface area contributed by atoms with Crippen LogP contribution in [0.3, 0.4) is 0 Å². The molecule has 0 saturated heterocycles. The molecule has 1 aromatic heterocycles. The van der Waals surface area contributed by atoms with Crippen molar-refractivity contribution in [2.24, 2.45) is 0 Å². The zero-order chi connectivity index (χ0) is 15.8. The van der Waals surface area contributed by atoms with Gasteiger partial charge in [-0.2, -0.15) is 0 Å². The van der Waals surface area contributed by atoms with Gasteiger partial charge in [-0.05, 0) is 18.2 Å². The fraction of sp³-hybridized carbons (Fsp3) is 0.312. The van der Waals surface area contributed by atoms with Gasteiger partial charge in [-0.3, -0.25) is 0 Å². The summed E-state index contributed by atoms with van der Waals surface area (Å²) >= 11 is 3.36. The second kappa shape index (κ2) is 5.64. The first-order valence-corrected chi connectivity index (χ1v) is 7.47. The van der Waals surface area contributed by atoms with E-state index >= 15 is 0 Å². The van der Waals surface area contributed by atoms with Gasteiger partial charge in [-0.25, -0.2) is 9.37 Å². The van der Waals surface area contributed by atoms with E-state index in [4.69, 9.17) is 5.73 Å². The average Bonchev–Trinajstić information content (AvgIpc) is 2.71. The zero-order valence-electron chi connectivity index (χ0n) is 12.5. The summed E-state index contributed by atoms with van der Waals surface area (Å²) in [6.07, 6.45) is 1.76. The van der Waals surface area contributed by atoms with E-state index in [1.165, 1.54) is 6.07 Å². The molecule has 2 N–H and O–H groups in total. The van der Waals surface area contributed by atoms with Gasteiger partial charge in [-0.1, -0.05) is 42.8 Å².